The molecule has 2 aromatic carbocycles. The van der Waals surface area contributed by atoms with Crippen molar-refractivity contribution in [3.8, 4) is 34.5 Å². The summed E-state index contributed by atoms with van der Waals surface area (Å²) in [4.78, 5) is 4.38. The third kappa shape index (κ3) is 3.93. The predicted octanol–water partition coefficient (Wildman–Crippen LogP) is 4.64. The molecule has 0 saturated carbocycles. The fourth-order valence-electron chi connectivity index (χ4n) is 3.04. The van der Waals surface area contributed by atoms with Gasteiger partial charge < -0.3 is 10.1 Å². The van der Waals surface area contributed by atoms with E-state index in [9.17, 15) is 0 Å². The Hall–Kier alpha value is -3.09. The highest BCUT2D eigenvalue weighted by Gasteiger charge is 2.10. The lowest BCUT2D eigenvalue weighted by atomic mass is 10.0. The number of rotatable bonds is 3. The van der Waals surface area contributed by atoms with E-state index in [1.807, 2.05) is 67.0 Å². The molecule has 1 N–H and O–H groups in total. The van der Waals surface area contributed by atoms with E-state index in [1.54, 1.807) is 0 Å². The summed E-state index contributed by atoms with van der Waals surface area (Å²) in [7, 11) is 0. The average Bonchev–Trinajstić information content (AvgIpc) is 3.22. The Labute approximate surface area is 154 Å². The molecule has 1 aliphatic rings. The largest absolute Gasteiger partial charge is 0.457 e. The number of para-hydroxylation sites is 2. The number of ether oxygens (including phenoxy) is 1. The van der Waals surface area contributed by atoms with Crippen molar-refractivity contribution in [1.29, 1.82) is 0 Å². The first-order valence-corrected chi connectivity index (χ1v) is 8.91. The highest BCUT2D eigenvalue weighted by molar-refractivity contribution is 5.71. The SMILES string of the molecule is C(#C[C@@H]1CCCN1)c1cncc(-c2ccccc2Oc2ccccc2)c1. The van der Waals surface area contributed by atoms with Gasteiger partial charge in [-0.1, -0.05) is 48.2 Å². The van der Waals surface area contributed by atoms with Crippen molar-refractivity contribution in [2.75, 3.05) is 6.54 Å². The van der Waals surface area contributed by atoms with Crippen LogP contribution in [0.15, 0.2) is 73.1 Å². The first-order valence-electron chi connectivity index (χ1n) is 8.91. The molecule has 0 aliphatic carbocycles. The Morgan fingerprint density at radius 1 is 1.00 bits per heavy atom. The van der Waals surface area contributed by atoms with Crippen LogP contribution < -0.4 is 10.1 Å². The molecule has 3 nitrogen and oxygen atoms in total. The molecule has 26 heavy (non-hydrogen) atoms. The molecular weight excluding hydrogens is 320 g/mol. The molecule has 0 spiro atoms. The average molecular weight is 340 g/mol. The summed E-state index contributed by atoms with van der Waals surface area (Å²) in [5.74, 6) is 8.17. The van der Waals surface area contributed by atoms with Crippen molar-refractivity contribution in [2.45, 2.75) is 18.9 Å². The first kappa shape index (κ1) is 16.4. The van der Waals surface area contributed by atoms with E-state index in [0.717, 1.165) is 41.2 Å². The van der Waals surface area contributed by atoms with Crippen molar-refractivity contribution in [1.82, 2.24) is 10.3 Å². The second kappa shape index (κ2) is 7.86. The Morgan fingerprint density at radius 3 is 2.69 bits per heavy atom. The molecule has 128 valence electrons. The Kier molecular flexibility index (Phi) is 4.95. The molecule has 0 radical (unpaired) electrons. The quantitative estimate of drug-likeness (QED) is 0.705. The smallest absolute Gasteiger partial charge is 0.135 e. The van der Waals surface area contributed by atoms with E-state index >= 15 is 0 Å². The van der Waals surface area contributed by atoms with Gasteiger partial charge in [0.05, 0.1) is 6.04 Å². The zero-order chi connectivity index (χ0) is 17.6. The van der Waals surface area contributed by atoms with Gasteiger partial charge in [-0.15, -0.1) is 0 Å². The third-order valence-corrected chi connectivity index (χ3v) is 4.36. The Balaban J connectivity index is 1.62. The number of hydrogen-bond acceptors (Lipinski definition) is 3. The minimum absolute atomic E-state index is 0.298. The number of nitrogens with zero attached hydrogens (tertiary/aromatic N) is 1. The van der Waals surface area contributed by atoms with Crippen molar-refractivity contribution < 1.29 is 4.74 Å². The molecule has 2 heterocycles. The first-order chi connectivity index (χ1) is 12.9. The van der Waals surface area contributed by atoms with Gasteiger partial charge in [-0.2, -0.15) is 0 Å². The van der Waals surface area contributed by atoms with Gasteiger partial charge in [0, 0.05) is 29.1 Å². The van der Waals surface area contributed by atoms with Crippen LogP contribution in [-0.2, 0) is 0 Å². The lowest BCUT2D eigenvalue weighted by molar-refractivity contribution is 0.484. The molecule has 4 rings (SSSR count). The zero-order valence-electron chi connectivity index (χ0n) is 14.5. The van der Waals surface area contributed by atoms with Crippen LogP contribution in [0.3, 0.4) is 0 Å². The maximum atomic E-state index is 6.07. The van der Waals surface area contributed by atoms with Crippen molar-refractivity contribution >= 4 is 0 Å². The van der Waals surface area contributed by atoms with Crippen molar-refractivity contribution in [2.24, 2.45) is 0 Å². The van der Waals surface area contributed by atoms with Crippen LogP contribution in [0.5, 0.6) is 11.5 Å². The lowest BCUT2D eigenvalue weighted by Crippen LogP contribution is -2.18. The number of benzene rings is 2. The number of aromatic nitrogens is 1. The van der Waals surface area contributed by atoms with Crippen LogP contribution in [0.2, 0.25) is 0 Å². The summed E-state index contributed by atoms with van der Waals surface area (Å²) in [6, 6.07) is 20.2. The summed E-state index contributed by atoms with van der Waals surface area (Å²) >= 11 is 0. The fraction of sp³-hybridized carbons (Fsp3) is 0.174. The van der Waals surface area contributed by atoms with Gasteiger partial charge in [-0.05, 0) is 43.7 Å². The van der Waals surface area contributed by atoms with E-state index in [4.69, 9.17) is 4.74 Å². The van der Waals surface area contributed by atoms with Crippen LogP contribution in [0.1, 0.15) is 18.4 Å². The summed E-state index contributed by atoms with van der Waals surface area (Å²) in [5, 5.41) is 3.40. The Morgan fingerprint density at radius 2 is 1.85 bits per heavy atom. The highest BCUT2D eigenvalue weighted by Crippen LogP contribution is 2.33. The molecule has 1 aliphatic heterocycles. The van der Waals surface area contributed by atoms with E-state index < -0.39 is 0 Å². The van der Waals surface area contributed by atoms with Gasteiger partial charge in [-0.25, -0.2) is 0 Å². The standard InChI is InChI=1S/C23H20N2O/c1-2-8-21(9-3-1)26-23-11-5-4-10-22(23)19-15-18(16-24-17-19)12-13-20-7-6-14-25-20/h1-5,8-11,15-17,20,25H,6-7,14H2/t20-/m0/s1. The number of hydrogen-bond donors (Lipinski definition) is 1. The maximum absolute atomic E-state index is 6.07. The van der Waals surface area contributed by atoms with Gasteiger partial charge in [-0.3, -0.25) is 4.98 Å². The topological polar surface area (TPSA) is 34.2 Å². The Bertz CT molecular complexity index is 935. The molecule has 0 bridgehead atoms. The maximum Gasteiger partial charge on any atom is 0.135 e. The lowest BCUT2D eigenvalue weighted by Gasteiger charge is -2.11. The van der Waals surface area contributed by atoms with Gasteiger partial charge in [0.15, 0.2) is 0 Å². The highest BCUT2D eigenvalue weighted by atomic mass is 16.5. The summed E-state index contributed by atoms with van der Waals surface area (Å²) < 4.78 is 6.07. The summed E-state index contributed by atoms with van der Waals surface area (Å²) in [6.45, 7) is 1.06. The molecular formula is C23H20N2O. The van der Waals surface area contributed by atoms with Gasteiger partial charge >= 0.3 is 0 Å². The predicted molar refractivity (Wildman–Crippen MR) is 104 cm³/mol. The van der Waals surface area contributed by atoms with Crippen LogP contribution in [0.25, 0.3) is 11.1 Å². The van der Waals surface area contributed by atoms with Crippen molar-refractivity contribution in [3.63, 3.8) is 0 Å². The van der Waals surface area contributed by atoms with Crippen LogP contribution >= 0.6 is 0 Å². The minimum atomic E-state index is 0.298. The van der Waals surface area contributed by atoms with Crippen LogP contribution in [0.4, 0.5) is 0 Å². The van der Waals surface area contributed by atoms with E-state index in [-0.39, 0.29) is 0 Å². The molecule has 0 amide bonds. The number of pyridine rings is 1. The van der Waals surface area contributed by atoms with Crippen LogP contribution in [-0.4, -0.2) is 17.6 Å². The normalized spacial score (nSPS) is 15.9. The van der Waals surface area contributed by atoms with E-state index in [2.05, 4.69) is 28.2 Å². The molecule has 0 unspecified atom stereocenters. The molecule has 1 aromatic heterocycles. The van der Waals surface area contributed by atoms with E-state index in [1.165, 1.54) is 6.42 Å². The minimum Gasteiger partial charge on any atom is -0.457 e. The third-order valence-electron chi connectivity index (χ3n) is 4.36. The fourth-order valence-corrected chi connectivity index (χ4v) is 3.04. The molecule has 3 aromatic rings. The van der Waals surface area contributed by atoms with Gasteiger partial charge in [0.1, 0.15) is 11.5 Å². The second-order valence-corrected chi connectivity index (χ2v) is 6.29. The summed E-state index contributed by atoms with van der Waals surface area (Å²) in [6.07, 6.45) is 5.98. The van der Waals surface area contributed by atoms with Crippen molar-refractivity contribution in [3.05, 3.63) is 78.6 Å². The monoisotopic (exact) mass is 340 g/mol. The van der Waals surface area contributed by atoms with Gasteiger partial charge in [0.25, 0.3) is 0 Å². The summed E-state index contributed by atoms with van der Waals surface area (Å²) in [5.41, 5.74) is 2.93. The molecule has 1 saturated heterocycles. The van der Waals surface area contributed by atoms with E-state index in [0.29, 0.717) is 6.04 Å². The molecule has 3 heteroatoms. The van der Waals surface area contributed by atoms with Gasteiger partial charge in [0.2, 0.25) is 0 Å². The second-order valence-electron chi connectivity index (χ2n) is 6.29. The molecule has 1 fully saturated rings. The number of nitrogens with one attached hydrogen (secondary N) is 1. The molecule has 1 atom stereocenters. The zero-order valence-corrected chi connectivity index (χ0v) is 14.5. The van der Waals surface area contributed by atoms with Crippen LogP contribution in [0, 0.1) is 11.8 Å².